The van der Waals surface area contributed by atoms with Gasteiger partial charge in [-0.05, 0) is 44.0 Å². The number of carbonyl (C=O) groups is 4. The van der Waals surface area contributed by atoms with E-state index in [0.717, 1.165) is 4.90 Å². The fourth-order valence-electron chi connectivity index (χ4n) is 3.38. The summed E-state index contributed by atoms with van der Waals surface area (Å²) in [5.41, 5.74) is 0.247. The standard InChI is InChI=1S/C21H28N2O9S/c1-4-32-21(27)16-5-7-17(8-6-16)33(28,29)23-11-9-15(10-12-23)20(26)22(13-18(24)30-2)14-19(25)31-3/h5-8,15H,4,9-14H2,1-3H3. The van der Waals surface area contributed by atoms with Gasteiger partial charge in [-0.1, -0.05) is 0 Å². The molecule has 1 aromatic carbocycles. The molecule has 2 rings (SSSR count). The highest BCUT2D eigenvalue weighted by molar-refractivity contribution is 7.89. The number of piperidine rings is 1. The molecule has 33 heavy (non-hydrogen) atoms. The van der Waals surface area contributed by atoms with Gasteiger partial charge in [0.25, 0.3) is 0 Å². The lowest BCUT2D eigenvalue weighted by atomic mass is 9.96. The molecule has 0 radical (unpaired) electrons. The Labute approximate surface area is 192 Å². The first-order chi connectivity index (χ1) is 15.6. The first-order valence-corrected chi connectivity index (χ1v) is 11.8. The molecule has 0 atom stereocenters. The molecule has 1 aromatic rings. The summed E-state index contributed by atoms with van der Waals surface area (Å²) in [5, 5.41) is 0. The number of methoxy groups -OCH3 is 2. The number of ether oxygens (including phenoxy) is 3. The van der Waals surface area contributed by atoms with Gasteiger partial charge in [0.2, 0.25) is 15.9 Å². The van der Waals surface area contributed by atoms with Crippen molar-refractivity contribution in [3.05, 3.63) is 29.8 Å². The summed E-state index contributed by atoms with van der Waals surface area (Å²) in [4.78, 5) is 49.0. The van der Waals surface area contributed by atoms with E-state index in [1.807, 2.05) is 0 Å². The molecule has 182 valence electrons. The van der Waals surface area contributed by atoms with E-state index in [4.69, 9.17) is 4.74 Å². The van der Waals surface area contributed by atoms with Crippen LogP contribution >= 0.6 is 0 Å². The minimum atomic E-state index is -3.82. The van der Waals surface area contributed by atoms with Crippen LogP contribution in [0.15, 0.2) is 29.2 Å². The van der Waals surface area contributed by atoms with Gasteiger partial charge < -0.3 is 19.1 Å². The van der Waals surface area contributed by atoms with Crippen molar-refractivity contribution in [2.45, 2.75) is 24.7 Å². The first kappa shape index (κ1) is 26.3. The minimum Gasteiger partial charge on any atom is -0.468 e. The Morgan fingerprint density at radius 3 is 1.94 bits per heavy atom. The van der Waals surface area contributed by atoms with Crippen molar-refractivity contribution in [2.75, 3.05) is 47.0 Å². The van der Waals surface area contributed by atoms with Gasteiger partial charge in [0.15, 0.2) is 0 Å². The third-order valence-electron chi connectivity index (χ3n) is 5.21. The summed E-state index contributed by atoms with van der Waals surface area (Å²) >= 11 is 0. The van der Waals surface area contributed by atoms with E-state index in [-0.39, 0.29) is 43.0 Å². The Morgan fingerprint density at radius 1 is 0.970 bits per heavy atom. The number of esters is 3. The van der Waals surface area contributed by atoms with Gasteiger partial charge in [-0.25, -0.2) is 13.2 Å². The van der Waals surface area contributed by atoms with E-state index in [1.54, 1.807) is 6.92 Å². The second-order valence-corrected chi connectivity index (χ2v) is 9.21. The molecule has 11 nitrogen and oxygen atoms in total. The molecular formula is C21H28N2O9S. The Kier molecular flexibility index (Phi) is 9.35. The maximum absolute atomic E-state index is 13.0. The highest BCUT2D eigenvalue weighted by Gasteiger charge is 2.35. The maximum atomic E-state index is 13.0. The van der Waals surface area contributed by atoms with E-state index < -0.39 is 52.8 Å². The number of amides is 1. The van der Waals surface area contributed by atoms with Crippen LogP contribution in [0.5, 0.6) is 0 Å². The van der Waals surface area contributed by atoms with Crippen molar-refractivity contribution in [3.8, 4) is 0 Å². The van der Waals surface area contributed by atoms with Crippen LogP contribution in [-0.2, 0) is 38.6 Å². The van der Waals surface area contributed by atoms with Crippen LogP contribution in [0.1, 0.15) is 30.1 Å². The lowest BCUT2D eigenvalue weighted by Crippen LogP contribution is -2.47. The summed E-state index contributed by atoms with van der Waals surface area (Å²) in [7, 11) is -1.48. The van der Waals surface area contributed by atoms with Gasteiger partial charge in [-0.3, -0.25) is 14.4 Å². The van der Waals surface area contributed by atoms with Gasteiger partial charge in [-0.2, -0.15) is 4.31 Å². The van der Waals surface area contributed by atoms with Gasteiger partial charge in [0.05, 0.1) is 31.3 Å². The highest BCUT2D eigenvalue weighted by Crippen LogP contribution is 2.25. The molecule has 12 heteroatoms. The monoisotopic (exact) mass is 484 g/mol. The Bertz CT molecular complexity index is 950. The van der Waals surface area contributed by atoms with Crippen molar-refractivity contribution < 1.29 is 41.8 Å². The number of benzene rings is 1. The first-order valence-electron chi connectivity index (χ1n) is 10.3. The second-order valence-electron chi connectivity index (χ2n) is 7.27. The van der Waals surface area contributed by atoms with E-state index in [1.165, 1.54) is 42.8 Å². The summed E-state index contributed by atoms with van der Waals surface area (Å²) < 4.78 is 41.2. The molecule has 1 heterocycles. The van der Waals surface area contributed by atoms with Crippen LogP contribution in [-0.4, -0.2) is 88.4 Å². The zero-order valence-corrected chi connectivity index (χ0v) is 19.6. The Hall–Kier alpha value is -2.99. The van der Waals surface area contributed by atoms with Gasteiger partial charge in [0, 0.05) is 19.0 Å². The van der Waals surface area contributed by atoms with Crippen LogP contribution in [0.4, 0.5) is 0 Å². The van der Waals surface area contributed by atoms with E-state index in [0.29, 0.717) is 0 Å². The maximum Gasteiger partial charge on any atom is 0.338 e. The average molecular weight is 485 g/mol. The second kappa shape index (κ2) is 11.8. The predicted octanol–water partition coefficient (Wildman–Crippen LogP) is 0.439. The Morgan fingerprint density at radius 2 is 1.48 bits per heavy atom. The van der Waals surface area contributed by atoms with E-state index in [9.17, 15) is 27.6 Å². The van der Waals surface area contributed by atoms with Crippen molar-refractivity contribution in [1.29, 1.82) is 0 Å². The van der Waals surface area contributed by atoms with Gasteiger partial charge >= 0.3 is 17.9 Å². The third kappa shape index (κ3) is 6.75. The summed E-state index contributed by atoms with van der Waals surface area (Å²) in [6.45, 7) is 1.25. The van der Waals surface area contributed by atoms with Crippen molar-refractivity contribution in [3.63, 3.8) is 0 Å². The van der Waals surface area contributed by atoms with E-state index in [2.05, 4.69) is 9.47 Å². The van der Waals surface area contributed by atoms with E-state index >= 15 is 0 Å². The van der Waals surface area contributed by atoms with Crippen LogP contribution in [0.3, 0.4) is 0 Å². The largest absolute Gasteiger partial charge is 0.468 e. The summed E-state index contributed by atoms with van der Waals surface area (Å²) in [6.07, 6.45) is 0.440. The molecule has 1 saturated heterocycles. The zero-order valence-electron chi connectivity index (χ0n) is 18.8. The van der Waals surface area contributed by atoms with Crippen LogP contribution < -0.4 is 0 Å². The smallest absolute Gasteiger partial charge is 0.338 e. The molecule has 1 aliphatic heterocycles. The van der Waals surface area contributed by atoms with Crippen molar-refractivity contribution >= 4 is 33.8 Å². The molecule has 0 aromatic heterocycles. The average Bonchev–Trinajstić information content (AvgIpc) is 2.83. The van der Waals surface area contributed by atoms with Gasteiger partial charge in [-0.15, -0.1) is 0 Å². The number of rotatable bonds is 9. The zero-order chi connectivity index (χ0) is 24.6. The SMILES string of the molecule is CCOC(=O)c1ccc(S(=O)(=O)N2CCC(C(=O)N(CC(=O)OC)CC(=O)OC)CC2)cc1. The minimum absolute atomic E-state index is 0.0262. The number of sulfonamides is 1. The predicted molar refractivity (Wildman–Crippen MR) is 114 cm³/mol. The highest BCUT2D eigenvalue weighted by atomic mass is 32.2. The topological polar surface area (TPSA) is 137 Å². The normalized spacial score (nSPS) is 14.9. The molecule has 1 fully saturated rings. The number of nitrogens with zero attached hydrogens (tertiary/aromatic N) is 2. The third-order valence-corrected chi connectivity index (χ3v) is 7.13. The van der Waals surface area contributed by atoms with Crippen LogP contribution in [0.25, 0.3) is 0 Å². The number of carbonyl (C=O) groups excluding carboxylic acids is 4. The number of hydrogen-bond acceptors (Lipinski definition) is 9. The quantitative estimate of drug-likeness (QED) is 0.361. The van der Waals surface area contributed by atoms with Crippen LogP contribution in [0, 0.1) is 5.92 Å². The Balaban J connectivity index is 2.05. The molecule has 0 spiro atoms. The fraction of sp³-hybridized carbons (Fsp3) is 0.524. The molecule has 0 aliphatic carbocycles. The lowest BCUT2D eigenvalue weighted by molar-refractivity contribution is -0.154. The van der Waals surface area contributed by atoms with Gasteiger partial charge in [0.1, 0.15) is 13.1 Å². The number of hydrogen-bond donors (Lipinski definition) is 0. The molecule has 0 saturated carbocycles. The summed E-state index contributed by atoms with van der Waals surface area (Å²) in [5.74, 6) is -2.90. The molecule has 0 unspecified atom stereocenters. The van der Waals surface area contributed by atoms with Crippen molar-refractivity contribution in [1.82, 2.24) is 9.21 Å². The van der Waals surface area contributed by atoms with Crippen LogP contribution in [0.2, 0.25) is 0 Å². The fourth-order valence-corrected chi connectivity index (χ4v) is 4.85. The summed E-state index contributed by atoms with van der Waals surface area (Å²) in [6, 6.07) is 5.46. The molecular weight excluding hydrogens is 456 g/mol. The lowest BCUT2D eigenvalue weighted by Gasteiger charge is -2.33. The molecule has 0 N–H and O–H groups in total. The molecule has 0 bridgehead atoms. The van der Waals surface area contributed by atoms with Crippen molar-refractivity contribution in [2.24, 2.45) is 5.92 Å². The molecule has 1 amide bonds. The molecule has 1 aliphatic rings.